The lowest BCUT2D eigenvalue weighted by molar-refractivity contribution is 0.171. The smallest absolute Gasteiger partial charge is 0.191 e. The summed E-state index contributed by atoms with van der Waals surface area (Å²) in [6, 6.07) is 6.19. The van der Waals surface area contributed by atoms with E-state index in [0.717, 1.165) is 36.3 Å². The second-order valence-electron chi connectivity index (χ2n) is 6.09. The predicted octanol–water partition coefficient (Wildman–Crippen LogP) is 2.26. The number of hydrogen-bond acceptors (Lipinski definition) is 4. The van der Waals surface area contributed by atoms with Gasteiger partial charge in [0.05, 0.1) is 0 Å². The fourth-order valence-corrected chi connectivity index (χ4v) is 2.67. The number of guanidine groups is 1. The Morgan fingerprint density at radius 2 is 1.96 bits per heavy atom. The van der Waals surface area contributed by atoms with Gasteiger partial charge in [-0.25, -0.2) is 0 Å². The van der Waals surface area contributed by atoms with Crippen molar-refractivity contribution in [3.8, 4) is 11.5 Å². The third-order valence-corrected chi connectivity index (χ3v) is 4.46. The molecule has 0 spiro atoms. The van der Waals surface area contributed by atoms with Crippen LogP contribution < -0.4 is 20.1 Å². The molecule has 0 atom stereocenters. The molecule has 0 saturated carbocycles. The molecule has 0 saturated heterocycles. The molecular formula is C17H27N3O2S. The molecule has 1 heterocycles. The van der Waals surface area contributed by atoms with Gasteiger partial charge in [-0.05, 0) is 24.0 Å². The van der Waals surface area contributed by atoms with E-state index in [9.17, 15) is 0 Å². The van der Waals surface area contributed by atoms with Crippen molar-refractivity contribution in [1.29, 1.82) is 0 Å². The molecule has 0 fully saturated rings. The number of aliphatic imine (C=N–C) groups is 1. The highest BCUT2D eigenvalue weighted by Gasteiger charge is 2.23. The van der Waals surface area contributed by atoms with Crippen molar-refractivity contribution >= 4 is 17.7 Å². The van der Waals surface area contributed by atoms with Crippen LogP contribution >= 0.6 is 11.8 Å². The highest BCUT2D eigenvalue weighted by atomic mass is 32.2. The van der Waals surface area contributed by atoms with Crippen LogP contribution in [0.3, 0.4) is 0 Å². The minimum absolute atomic E-state index is 0.0486. The molecule has 0 amide bonds. The lowest BCUT2D eigenvalue weighted by Gasteiger charge is -2.28. The molecular weight excluding hydrogens is 310 g/mol. The van der Waals surface area contributed by atoms with Crippen LogP contribution in [0.15, 0.2) is 23.2 Å². The van der Waals surface area contributed by atoms with Crippen molar-refractivity contribution in [3.05, 3.63) is 23.8 Å². The summed E-state index contributed by atoms with van der Waals surface area (Å²) in [5.74, 6) is 3.57. The maximum absolute atomic E-state index is 5.69. The van der Waals surface area contributed by atoms with Crippen LogP contribution in [0, 0.1) is 0 Å². The zero-order chi connectivity index (χ0) is 16.7. The SMILES string of the molecule is CN=C(NCCSC)NCC(C)(C)c1ccc2c(c1)OCCO2. The highest BCUT2D eigenvalue weighted by molar-refractivity contribution is 7.98. The zero-order valence-corrected chi connectivity index (χ0v) is 15.3. The number of rotatable bonds is 6. The first-order valence-electron chi connectivity index (χ1n) is 7.90. The average Bonchev–Trinajstić information content (AvgIpc) is 2.57. The van der Waals surface area contributed by atoms with Crippen molar-refractivity contribution < 1.29 is 9.47 Å². The van der Waals surface area contributed by atoms with Crippen LogP contribution in [0.25, 0.3) is 0 Å². The number of hydrogen-bond donors (Lipinski definition) is 2. The summed E-state index contributed by atoms with van der Waals surface area (Å²) in [5.41, 5.74) is 1.17. The number of thioether (sulfide) groups is 1. The molecule has 1 aromatic rings. The van der Waals surface area contributed by atoms with Gasteiger partial charge in [0.1, 0.15) is 13.2 Å². The normalized spacial score (nSPS) is 14.5. The first-order valence-corrected chi connectivity index (χ1v) is 9.30. The summed E-state index contributed by atoms with van der Waals surface area (Å²) >= 11 is 1.82. The predicted molar refractivity (Wildman–Crippen MR) is 98.2 cm³/mol. The van der Waals surface area contributed by atoms with E-state index in [-0.39, 0.29) is 5.41 Å². The van der Waals surface area contributed by atoms with Gasteiger partial charge in [0, 0.05) is 31.3 Å². The Labute approximate surface area is 143 Å². The molecule has 0 unspecified atom stereocenters. The molecule has 128 valence electrons. The second-order valence-corrected chi connectivity index (χ2v) is 7.07. The van der Waals surface area contributed by atoms with Gasteiger partial charge in [-0.15, -0.1) is 0 Å². The van der Waals surface area contributed by atoms with Gasteiger partial charge in [-0.3, -0.25) is 4.99 Å². The molecule has 6 heteroatoms. The molecule has 0 aromatic heterocycles. The molecule has 1 aliphatic rings. The number of nitrogens with zero attached hydrogens (tertiary/aromatic N) is 1. The number of ether oxygens (including phenoxy) is 2. The summed E-state index contributed by atoms with van der Waals surface area (Å²) < 4.78 is 11.3. The maximum atomic E-state index is 5.69. The molecule has 2 N–H and O–H groups in total. The Balaban J connectivity index is 1.98. The summed E-state index contributed by atoms with van der Waals surface area (Å²) in [7, 11) is 1.80. The van der Waals surface area contributed by atoms with Crippen LogP contribution in [0.2, 0.25) is 0 Å². The summed E-state index contributed by atoms with van der Waals surface area (Å²) in [5, 5.41) is 6.72. The largest absolute Gasteiger partial charge is 0.486 e. The van der Waals surface area contributed by atoms with E-state index in [2.05, 4.69) is 47.9 Å². The van der Waals surface area contributed by atoms with E-state index < -0.39 is 0 Å². The van der Waals surface area contributed by atoms with Crippen LogP contribution in [0.5, 0.6) is 11.5 Å². The molecule has 2 rings (SSSR count). The molecule has 0 radical (unpaired) electrons. The molecule has 1 aliphatic heterocycles. The first-order chi connectivity index (χ1) is 11.1. The number of nitrogens with one attached hydrogen (secondary N) is 2. The van der Waals surface area contributed by atoms with Crippen molar-refractivity contribution in [2.24, 2.45) is 4.99 Å². The highest BCUT2D eigenvalue weighted by Crippen LogP contribution is 2.34. The Kier molecular flexibility index (Phi) is 6.45. The van der Waals surface area contributed by atoms with Crippen LogP contribution in [-0.4, -0.2) is 51.3 Å². The Bertz CT molecular complexity index is 547. The zero-order valence-electron chi connectivity index (χ0n) is 14.4. The third kappa shape index (κ3) is 4.96. The van der Waals surface area contributed by atoms with E-state index in [1.165, 1.54) is 5.56 Å². The third-order valence-electron chi connectivity index (χ3n) is 3.84. The summed E-state index contributed by atoms with van der Waals surface area (Å²) in [6.07, 6.45) is 2.10. The molecule has 0 bridgehead atoms. The van der Waals surface area contributed by atoms with E-state index in [1.54, 1.807) is 7.05 Å². The van der Waals surface area contributed by atoms with Crippen LogP contribution in [-0.2, 0) is 5.41 Å². The van der Waals surface area contributed by atoms with Crippen molar-refractivity contribution in [2.45, 2.75) is 19.3 Å². The lowest BCUT2D eigenvalue weighted by atomic mass is 9.84. The van der Waals surface area contributed by atoms with Crippen molar-refractivity contribution in [3.63, 3.8) is 0 Å². The molecule has 1 aromatic carbocycles. The van der Waals surface area contributed by atoms with Gasteiger partial charge >= 0.3 is 0 Å². The Morgan fingerprint density at radius 1 is 1.22 bits per heavy atom. The van der Waals surface area contributed by atoms with Crippen LogP contribution in [0.1, 0.15) is 19.4 Å². The summed E-state index contributed by atoms with van der Waals surface area (Å²) in [6.45, 7) is 7.34. The minimum atomic E-state index is -0.0486. The number of fused-ring (bicyclic) bond motifs is 1. The quantitative estimate of drug-likeness (QED) is 0.474. The summed E-state index contributed by atoms with van der Waals surface area (Å²) in [4.78, 5) is 4.27. The van der Waals surface area contributed by atoms with E-state index >= 15 is 0 Å². The second kappa shape index (κ2) is 8.34. The lowest BCUT2D eigenvalue weighted by Crippen LogP contribution is -2.44. The fraction of sp³-hybridized carbons (Fsp3) is 0.588. The van der Waals surface area contributed by atoms with Crippen LogP contribution in [0.4, 0.5) is 0 Å². The van der Waals surface area contributed by atoms with Gasteiger partial charge in [-0.2, -0.15) is 11.8 Å². The van der Waals surface area contributed by atoms with Gasteiger partial charge in [0.15, 0.2) is 17.5 Å². The molecule has 0 aliphatic carbocycles. The molecule has 5 nitrogen and oxygen atoms in total. The fourth-order valence-electron chi connectivity index (χ4n) is 2.36. The van der Waals surface area contributed by atoms with E-state index in [0.29, 0.717) is 13.2 Å². The van der Waals surface area contributed by atoms with E-state index in [1.807, 2.05) is 17.8 Å². The van der Waals surface area contributed by atoms with Gasteiger partial charge < -0.3 is 20.1 Å². The molecule has 23 heavy (non-hydrogen) atoms. The standard InChI is InChI=1S/C17H27N3O2S/c1-17(2,12-20-16(18-3)19-7-10-23-4)13-5-6-14-15(11-13)22-9-8-21-14/h5-6,11H,7-10,12H2,1-4H3,(H2,18,19,20). The minimum Gasteiger partial charge on any atom is -0.486 e. The Morgan fingerprint density at radius 3 is 2.65 bits per heavy atom. The van der Waals surface area contributed by atoms with Crippen molar-refractivity contribution in [1.82, 2.24) is 10.6 Å². The van der Waals surface area contributed by atoms with E-state index in [4.69, 9.17) is 9.47 Å². The first kappa shape index (κ1) is 17.8. The Hall–Kier alpha value is -1.56. The topological polar surface area (TPSA) is 54.9 Å². The maximum Gasteiger partial charge on any atom is 0.191 e. The van der Waals surface area contributed by atoms with Crippen molar-refractivity contribution in [2.75, 3.05) is 45.4 Å². The average molecular weight is 337 g/mol. The van der Waals surface area contributed by atoms with Gasteiger partial charge in [0.25, 0.3) is 0 Å². The van der Waals surface area contributed by atoms with Gasteiger partial charge in [0.2, 0.25) is 0 Å². The monoisotopic (exact) mass is 337 g/mol. The number of benzene rings is 1. The van der Waals surface area contributed by atoms with Gasteiger partial charge in [-0.1, -0.05) is 19.9 Å².